The summed E-state index contributed by atoms with van der Waals surface area (Å²) in [6.07, 6.45) is 9.08. The van der Waals surface area contributed by atoms with Crippen LogP contribution < -0.4 is 4.90 Å². The normalized spacial score (nSPS) is 20.4. The zero-order chi connectivity index (χ0) is 21.5. The number of carbonyl (C=O) groups is 1. The number of aryl methyl sites for hydroxylation is 1. The Morgan fingerprint density at radius 1 is 0.935 bits per heavy atom. The number of anilines is 1. The summed E-state index contributed by atoms with van der Waals surface area (Å²) in [5.41, 5.74) is 3.90. The Hall–Kier alpha value is -1.84. The van der Waals surface area contributed by atoms with Gasteiger partial charge in [0.2, 0.25) is 0 Å². The predicted molar refractivity (Wildman–Crippen MR) is 130 cm³/mol. The minimum atomic E-state index is 0.350. The van der Waals surface area contributed by atoms with E-state index in [1.54, 1.807) is 0 Å². The molecule has 2 aromatic rings. The average molecular weight is 439 g/mol. The second kappa shape index (κ2) is 11.2. The Morgan fingerprint density at radius 3 is 2.45 bits per heavy atom. The molecule has 2 aromatic carbocycles. The van der Waals surface area contributed by atoms with E-state index in [0.29, 0.717) is 24.7 Å². The summed E-state index contributed by atoms with van der Waals surface area (Å²) in [7, 11) is 0. The zero-order valence-corrected chi connectivity index (χ0v) is 19.3. The van der Waals surface area contributed by atoms with Crippen LogP contribution in [0.4, 0.5) is 5.69 Å². The second-order valence-corrected chi connectivity index (χ2v) is 9.67. The van der Waals surface area contributed by atoms with Gasteiger partial charge in [0.05, 0.1) is 6.54 Å². The van der Waals surface area contributed by atoms with E-state index in [1.807, 2.05) is 12.1 Å². The van der Waals surface area contributed by atoms with Crippen molar-refractivity contribution in [2.75, 3.05) is 37.6 Å². The van der Waals surface area contributed by atoms with Crippen molar-refractivity contribution in [3.63, 3.8) is 0 Å². The molecule has 2 aliphatic heterocycles. The first-order valence-electron chi connectivity index (χ1n) is 12.0. The number of nitrogens with zero attached hydrogens (tertiary/aromatic N) is 2. The van der Waals surface area contributed by atoms with Gasteiger partial charge in [-0.25, -0.2) is 0 Å². The van der Waals surface area contributed by atoms with Crippen LogP contribution in [0.2, 0.25) is 5.02 Å². The molecule has 4 rings (SSSR count). The highest BCUT2D eigenvalue weighted by Gasteiger charge is 2.23. The number of rotatable bonds is 7. The van der Waals surface area contributed by atoms with Gasteiger partial charge in [0.15, 0.2) is 0 Å². The summed E-state index contributed by atoms with van der Waals surface area (Å²) in [5, 5.41) is 0.799. The van der Waals surface area contributed by atoms with E-state index < -0.39 is 0 Å². The molecular formula is C27H35ClN2O. The minimum Gasteiger partial charge on any atom is -0.372 e. The molecule has 2 aliphatic rings. The fourth-order valence-electron chi connectivity index (χ4n) is 5.05. The molecule has 166 valence electrons. The molecule has 0 amide bonds. The molecule has 0 aromatic heterocycles. The quantitative estimate of drug-likeness (QED) is 0.521. The molecule has 2 fully saturated rings. The fraction of sp³-hybridized carbons (Fsp3) is 0.519. The van der Waals surface area contributed by atoms with Crippen molar-refractivity contribution in [3.8, 4) is 0 Å². The Morgan fingerprint density at radius 2 is 1.71 bits per heavy atom. The van der Waals surface area contributed by atoms with Gasteiger partial charge in [-0.15, -0.1) is 0 Å². The molecule has 1 unspecified atom stereocenters. The summed E-state index contributed by atoms with van der Waals surface area (Å²) < 4.78 is 0. The molecule has 0 radical (unpaired) electrons. The molecular weight excluding hydrogens is 404 g/mol. The summed E-state index contributed by atoms with van der Waals surface area (Å²) in [6, 6.07) is 17.1. The van der Waals surface area contributed by atoms with Gasteiger partial charge in [-0.1, -0.05) is 48.7 Å². The van der Waals surface area contributed by atoms with Gasteiger partial charge in [0.1, 0.15) is 5.78 Å². The first kappa shape index (κ1) is 22.4. The van der Waals surface area contributed by atoms with Crippen molar-refractivity contribution in [2.24, 2.45) is 0 Å². The Bertz CT molecular complexity index is 843. The van der Waals surface area contributed by atoms with E-state index in [2.05, 4.69) is 46.2 Å². The standard InChI is InChI=1S/C27H35ClN2O/c28-25-9-5-7-23(19-25)24-8-6-16-29(20-24)21-27(31)15-12-22-10-13-26(14-11-22)30-17-3-1-2-4-18-30/h5,7,9-11,13-14,19,24H,1-4,6,8,12,15-18,20-21H2. The first-order valence-corrected chi connectivity index (χ1v) is 12.4. The number of hydrogen-bond acceptors (Lipinski definition) is 3. The van der Waals surface area contributed by atoms with Crippen LogP contribution in [0.5, 0.6) is 0 Å². The molecule has 2 saturated heterocycles. The SMILES string of the molecule is O=C(CCc1ccc(N2CCCCCC2)cc1)CN1CCCC(c2cccc(Cl)c2)C1. The molecule has 1 atom stereocenters. The van der Waals surface area contributed by atoms with Gasteiger partial charge in [0.25, 0.3) is 0 Å². The number of benzene rings is 2. The van der Waals surface area contributed by atoms with E-state index in [0.717, 1.165) is 31.0 Å². The Kier molecular flexibility index (Phi) is 8.04. The van der Waals surface area contributed by atoms with E-state index in [-0.39, 0.29) is 0 Å². The maximum Gasteiger partial charge on any atom is 0.147 e. The Labute approximate surface area is 192 Å². The molecule has 4 heteroatoms. The largest absolute Gasteiger partial charge is 0.372 e. The molecule has 3 nitrogen and oxygen atoms in total. The van der Waals surface area contributed by atoms with Crippen LogP contribution in [0.1, 0.15) is 62.0 Å². The van der Waals surface area contributed by atoms with Gasteiger partial charge in [-0.3, -0.25) is 9.69 Å². The molecule has 0 bridgehead atoms. The summed E-state index contributed by atoms with van der Waals surface area (Å²) in [6.45, 7) is 4.89. The minimum absolute atomic E-state index is 0.350. The van der Waals surface area contributed by atoms with Crippen LogP contribution in [-0.4, -0.2) is 43.4 Å². The van der Waals surface area contributed by atoms with E-state index in [1.165, 1.54) is 62.0 Å². The predicted octanol–water partition coefficient (Wildman–Crippen LogP) is 6.10. The van der Waals surface area contributed by atoms with Crippen LogP contribution in [0.15, 0.2) is 48.5 Å². The van der Waals surface area contributed by atoms with Crippen molar-refractivity contribution < 1.29 is 4.79 Å². The molecule has 0 aliphatic carbocycles. The highest BCUT2D eigenvalue weighted by Crippen LogP contribution is 2.28. The molecule has 0 N–H and O–H groups in total. The van der Waals surface area contributed by atoms with Gasteiger partial charge in [-0.05, 0) is 80.0 Å². The third-order valence-corrected chi connectivity index (χ3v) is 7.06. The lowest BCUT2D eigenvalue weighted by atomic mass is 9.90. The van der Waals surface area contributed by atoms with Crippen molar-refractivity contribution >= 4 is 23.1 Å². The Balaban J connectivity index is 1.24. The van der Waals surface area contributed by atoms with Crippen molar-refractivity contribution in [1.82, 2.24) is 4.90 Å². The van der Waals surface area contributed by atoms with Crippen LogP contribution in [-0.2, 0) is 11.2 Å². The lowest BCUT2D eigenvalue weighted by Gasteiger charge is -2.32. The van der Waals surface area contributed by atoms with E-state index in [9.17, 15) is 4.79 Å². The average Bonchev–Trinajstić information content (AvgIpc) is 3.08. The lowest BCUT2D eigenvalue weighted by molar-refractivity contribution is -0.120. The summed E-state index contributed by atoms with van der Waals surface area (Å²) >= 11 is 6.17. The third kappa shape index (κ3) is 6.57. The third-order valence-electron chi connectivity index (χ3n) is 6.83. The highest BCUT2D eigenvalue weighted by atomic mass is 35.5. The number of halogens is 1. The summed E-state index contributed by atoms with van der Waals surface area (Å²) in [5.74, 6) is 0.829. The molecule has 2 heterocycles. The van der Waals surface area contributed by atoms with Crippen molar-refractivity contribution in [2.45, 2.75) is 57.3 Å². The maximum absolute atomic E-state index is 12.7. The fourth-order valence-corrected chi connectivity index (χ4v) is 5.25. The zero-order valence-electron chi connectivity index (χ0n) is 18.6. The number of carbonyl (C=O) groups excluding carboxylic acids is 1. The smallest absolute Gasteiger partial charge is 0.147 e. The van der Waals surface area contributed by atoms with Crippen LogP contribution >= 0.6 is 11.6 Å². The lowest BCUT2D eigenvalue weighted by Crippen LogP contribution is -2.38. The van der Waals surface area contributed by atoms with Gasteiger partial charge < -0.3 is 4.90 Å². The second-order valence-electron chi connectivity index (χ2n) is 9.24. The maximum atomic E-state index is 12.7. The van der Waals surface area contributed by atoms with Gasteiger partial charge >= 0.3 is 0 Å². The number of piperidine rings is 1. The monoisotopic (exact) mass is 438 g/mol. The van der Waals surface area contributed by atoms with Crippen LogP contribution in [0.25, 0.3) is 0 Å². The van der Waals surface area contributed by atoms with Gasteiger partial charge in [-0.2, -0.15) is 0 Å². The van der Waals surface area contributed by atoms with Gasteiger partial charge in [0, 0.05) is 36.8 Å². The molecule has 31 heavy (non-hydrogen) atoms. The van der Waals surface area contributed by atoms with Crippen LogP contribution in [0.3, 0.4) is 0 Å². The summed E-state index contributed by atoms with van der Waals surface area (Å²) in [4.78, 5) is 17.5. The van der Waals surface area contributed by atoms with Crippen LogP contribution in [0, 0.1) is 0 Å². The van der Waals surface area contributed by atoms with E-state index >= 15 is 0 Å². The topological polar surface area (TPSA) is 23.6 Å². The number of Topliss-reactive ketones (excluding diaryl/α,β-unsaturated/α-hetero) is 1. The first-order chi connectivity index (χ1) is 15.2. The van der Waals surface area contributed by atoms with E-state index in [4.69, 9.17) is 11.6 Å². The number of ketones is 1. The number of likely N-dealkylation sites (tertiary alicyclic amines) is 1. The molecule has 0 spiro atoms. The number of hydrogen-bond donors (Lipinski definition) is 0. The molecule has 0 saturated carbocycles. The van der Waals surface area contributed by atoms with Crippen molar-refractivity contribution in [3.05, 3.63) is 64.7 Å². The highest BCUT2D eigenvalue weighted by molar-refractivity contribution is 6.30. The van der Waals surface area contributed by atoms with Crippen molar-refractivity contribution in [1.29, 1.82) is 0 Å².